The van der Waals surface area contributed by atoms with Gasteiger partial charge in [-0.2, -0.15) is 0 Å². The Bertz CT molecular complexity index is 510. The van der Waals surface area contributed by atoms with Crippen molar-refractivity contribution in [3.8, 4) is 5.75 Å². The highest BCUT2D eigenvalue weighted by Crippen LogP contribution is 2.29. The predicted octanol–water partition coefficient (Wildman–Crippen LogP) is 3.16. The van der Waals surface area contributed by atoms with Gasteiger partial charge in [0.2, 0.25) is 0 Å². The van der Waals surface area contributed by atoms with Gasteiger partial charge in [0, 0.05) is 16.0 Å². The lowest BCUT2D eigenvalue weighted by molar-refractivity contribution is 0.338. The van der Waals surface area contributed by atoms with Crippen molar-refractivity contribution in [3.05, 3.63) is 45.9 Å². The second kappa shape index (κ2) is 5.98. The first-order valence-electron chi connectivity index (χ1n) is 6.06. The summed E-state index contributed by atoms with van der Waals surface area (Å²) in [5.74, 6) is 0.823. The number of nitrogens with zero attached hydrogens (tertiary/aromatic N) is 1. The Morgan fingerprint density at radius 3 is 2.83 bits per heavy atom. The fourth-order valence-corrected chi connectivity index (χ4v) is 2.94. The van der Waals surface area contributed by atoms with Crippen LogP contribution in [0.1, 0.15) is 28.3 Å². The van der Waals surface area contributed by atoms with E-state index in [1.165, 1.54) is 9.75 Å². The van der Waals surface area contributed by atoms with Crippen molar-refractivity contribution in [2.24, 2.45) is 0 Å². The van der Waals surface area contributed by atoms with Gasteiger partial charge in [0.1, 0.15) is 5.75 Å². The van der Waals surface area contributed by atoms with Crippen molar-refractivity contribution in [3.63, 3.8) is 0 Å². The van der Waals surface area contributed by atoms with Crippen LogP contribution < -0.4 is 10.1 Å². The molecule has 2 heterocycles. The molecule has 4 heteroatoms. The van der Waals surface area contributed by atoms with Crippen molar-refractivity contribution in [2.75, 3.05) is 13.7 Å². The lowest BCUT2D eigenvalue weighted by Crippen LogP contribution is -2.16. The monoisotopic (exact) mass is 262 g/mol. The normalized spacial score (nSPS) is 12.4. The molecule has 0 amide bonds. The Morgan fingerprint density at radius 1 is 1.39 bits per heavy atom. The average molecular weight is 262 g/mol. The van der Waals surface area contributed by atoms with Gasteiger partial charge in [-0.25, -0.2) is 0 Å². The maximum atomic E-state index is 5.50. The molecule has 0 aliphatic rings. The molecule has 0 aliphatic carbocycles. The third-order valence-electron chi connectivity index (χ3n) is 2.71. The molecule has 0 aliphatic heterocycles. The first-order valence-corrected chi connectivity index (χ1v) is 6.87. The third kappa shape index (κ3) is 2.89. The lowest BCUT2D eigenvalue weighted by atomic mass is 10.1. The Labute approximate surface area is 112 Å². The maximum absolute atomic E-state index is 5.50. The van der Waals surface area contributed by atoms with Crippen LogP contribution in [0.5, 0.6) is 5.75 Å². The molecule has 2 aromatic heterocycles. The van der Waals surface area contributed by atoms with Crippen molar-refractivity contribution in [2.45, 2.75) is 19.9 Å². The zero-order valence-electron chi connectivity index (χ0n) is 10.9. The van der Waals surface area contributed by atoms with Gasteiger partial charge < -0.3 is 10.1 Å². The second-order valence-electron chi connectivity index (χ2n) is 4.06. The van der Waals surface area contributed by atoms with Crippen molar-refractivity contribution < 1.29 is 4.74 Å². The van der Waals surface area contributed by atoms with Crippen LogP contribution in [0.4, 0.5) is 0 Å². The molecule has 0 fully saturated rings. The minimum Gasteiger partial charge on any atom is -0.492 e. The third-order valence-corrected chi connectivity index (χ3v) is 3.78. The van der Waals surface area contributed by atoms with Crippen LogP contribution in [0.15, 0.2) is 30.6 Å². The van der Waals surface area contributed by atoms with Gasteiger partial charge in [-0.15, -0.1) is 11.3 Å². The number of pyridine rings is 1. The number of hydrogen-bond donors (Lipinski definition) is 1. The zero-order valence-corrected chi connectivity index (χ0v) is 11.8. The summed E-state index contributed by atoms with van der Waals surface area (Å²) in [5, 5.41) is 3.33. The number of nitrogens with one attached hydrogen (secondary N) is 1. The van der Waals surface area contributed by atoms with Crippen molar-refractivity contribution in [1.82, 2.24) is 10.3 Å². The van der Waals surface area contributed by atoms with Crippen molar-refractivity contribution in [1.29, 1.82) is 0 Å². The van der Waals surface area contributed by atoms with Gasteiger partial charge in [0.15, 0.2) is 0 Å². The topological polar surface area (TPSA) is 34.1 Å². The lowest BCUT2D eigenvalue weighted by Gasteiger charge is -2.15. The predicted molar refractivity (Wildman–Crippen MR) is 75.4 cm³/mol. The van der Waals surface area contributed by atoms with E-state index in [-0.39, 0.29) is 6.04 Å². The summed E-state index contributed by atoms with van der Waals surface area (Å²) in [6.45, 7) is 4.76. The molecule has 18 heavy (non-hydrogen) atoms. The Morgan fingerprint density at radius 2 is 2.22 bits per heavy atom. The van der Waals surface area contributed by atoms with Gasteiger partial charge >= 0.3 is 0 Å². The fourth-order valence-electron chi connectivity index (χ4n) is 1.92. The van der Waals surface area contributed by atoms with Gasteiger partial charge in [-0.3, -0.25) is 4.98 Å². The maximum Gasteiger partial charge on any atom is 0.137 e. The molecule has 0 saturated carbocycles. The van der Waals surface area contributed by atoms with E-state index in [2.05, 4.69) is 29.4 Å². The van der Waals surface area contributed by atoms with Gasteiger partial charge in [-0.1, -0.05) is 0 Å². The summed E-state index contributed by atoms with van der Waals surface area (Å²) in [6.07, 6.45) is 3.64. The quantitative estimate of drug-likeness (QED) is 0.898. The number of hydrogen-bond acceptors (Lipinski definition) is 4. The second-order valence-corrected chi connectivity index (χ2v) is 5.38. The summed E-state index contributed by atoms with van der Waals surface area (Å²) in [7, 11) is 1.97. The Kier molecular flexibility index (Phi) is 4.33. The minimum absolute atomic E-state index is 0.177. The van der Waals surface area contributed by atoms with Crippen LogP contribution >= 0.6 is 11.3 Å². The van der Waals surface area contributed by atoms with Gasteiger partial charge in [0.25, 0.3) is 0 Å². The number of thiophene rings is 1. The fraction of sp³-hybridized carbons (Fsp3) is 0.357. The smallest absolute Gasteiger partial charge is 0.137 e. The molecule has 2 rings (SSSR count). The Balaban J connectivity index is 2.29. The number of aryl methyl sites for hydroxylation is 1. The van der Waals surface area contributed by atoms with Crippen LogP contribution in [0, 0.1) is 6.92 Å². The summed E-state index contributed by atoms with van der Waals surface area (Å²) < 4.78 is 5.50. The number of ether oxygens (including phenoxy) is 1. The molecule has 0 bridgehead atoms. The first-order chi connectivity index (χ1) is 8.74. The standard InChI is InChI=1S/C14H18N2OS/c1-4-17-12-7-11(8-16-9-12)14(15-3)13-6-5-10(2)18-13/h5-9,14-15H,4H2,1-3H3. The highest BCUT2D eigenvalue weighted by atomic mass is 32.1. The minimum atomic E-state index is 0.177. The average Bonchev–Trinajstić information content (AvgIpc) is 2.78. The zero-order chi connectivity index (χ0) is 13.0. The first kappa shape index (κ1) is 13.1. The molecule has 0 spiro atoms. The SMILES string of the molecule is CCOc1cncc(C(NC)c2ccc(C)s2)c1. The molecule has 0 aromatic carbocycles. The van der Waals surface area contributed by atoms with E-state index in [9.17, 15) is 0 Å². The molecule has 0 radical (unpaired) electrons. The van der Waals surface area contributed by atoms with Crippen LogP contribution in [0.25, 0.3) is 0 Å². The van der Waals surface area contributed by atoms with E-state index >= 15 is 0 Å². The van der Waals surface area contributed by atoms with Crippen LogP contribution in [0.2, 0.25) is 0 Å². The van der Waals surface area contributed by atoms with E-state index < -0.39 is 0 Å². The molecule has 1 atom stereocenters. The molecule has 1 unspecified atom stereocenters. The van der Waals surface area contributed by atoms with Crippen LogP contribution in [-0.4, -0.2) is 18.6 Å². The summed E-state index contributed by atoms with van der Waals surface area (Å²) in [4.78, 5) is 6.86. The molecular formula is C14H18N2OS. The van der Waals surface area contributed by atoms with E-state index in [1.54, 1.807) is 17.5 Å². The molecule has 3 nitrogen and oxygen atoms in total. The van der Waals surface area contributed by atoms with Gasteiger partial charge in [0.05, 0.1) is 18.8 Å². The molecular weight excluding hydrogens is 244 g/mol. The summed E-state index contributed by atoms with van der Waals surface area (Å²) >= 11 is 1.80. The molecule has 0 saturated heterocycles. The molecule has 96 valence electrons. The molecule has 1 N–H and O–H groups in total. The molecule has 2 aromatic rings. The van der Waals surface area contributed by atoms with Crippen LogP contribution in [-0.2, 0) is 0 Å². The Hall–Kier alpha value is -1.39. The summed E-state index contributed by atoms with van der Waals surface area (Å²) in [6, 6.07) is 6.53. The number of aromatic nitrogens is 1. The van der Waals surface area contributed by atoms with Gasteiger partial charge in [-0.05, 0) is 44.7 Å². The van der Waals surface area contributed by atoms with E-state index in [0.717, 1.165) is 11.3 Å². The van der Waals surface area contributed by atoms with E-state index in [4.69, 9.17) is 4.74 Å². The summed E-state index contributed by atoms with van der Waals surface area (Å²) in [5.41, 5.74) is 1.13. The highest BCUT2D eigenvalue weighted by molar-refractivity contribution is 7.12. The highest BCUT2D eigenvalue weighted by Gasteiger charge is 2.14. The number of rotatable bonds is 5. The van der Waals surface area contributed by atoms with E-state index in [0.29, 0.717) is 6.61 Å². The largest absolute Gasteiger partial charge is 0.492 e. The van der Waals surface area contributed by atoms with Crippen LogP contribution in [0.3, 0.4) is 0 Å². The van der Waals surface area contributed by atoms with Crippen molar-refractivity contribution >= 4 is 11.3 Å². The van der Waals surface area contributed by atoms with E-state index in [1.807, 2.05) is 26.2 Å².